The maximum absolute atomic E-state index is 12.6. The summed E-state index contributed by atoms with van der Waals surface area (Å²) in [4.78, 5) is 12.6. The lowest BCUT2D eigenvalue weighted by Crippen LogP contribution is -2.30. The molecule has 0 spiro atoms. The van der Waals surface area contributed by atoms with Crippen LogP contribution in [0, 0.1) is 12.8 Å². The SMILES string of the molecule is Cc1ccccc1C1CC1C(=O)NC(CCO)c1ccccc1. The summed E-state index contributed by atoms with van der Waals surface area (Å²) in [6.45, 7) is 2.16. The van der Waals surface area contributed by atoms with Crippen LogP contribution < -0.4 is 5.32 Å². The Morgan fingerprint density at radius 3 is 2.57 bits per heavy atom. The van der Waals surface area contributed by atoms with Crippen molar-refractivity contribution >= 4 is 5.91 Å². The Kier molecular flexibility index (Phi) is 4.77. The minimum absolute atomic E-state index is 0.0565. The average Bonchev–Trinajstić information content (AvgIpc) is 3.36. The van der Waals surface area contributed by atoms with Gasteiger partial charge in [0.25, 0.3) is 0 Å². The number of amides is 1. The van der Waals surface area contributed by atoms with Gasteiger partial charge in [-0.3, -0.25) is 4.79 Å². The first-order valence-electron chi connectivity index (χ1n) is 8.22. The van der Waals surface area contributed by atoms with Gasteiger partial charge in [-0.2, -0.15) is 0 Å². The fraction of sp³-hybridized carbons (Fsp3) is 0.350. The molecule has 1 aliphatic rings. The monoisotopic (exact) mass is 309 g/mol. The molecule has 0 heterocycles. The highest BCUT2D eigenvalue weighted by atomic mass is 16.3. The van der Waals surface area contributed by atoms with E-state index in [0.717, 1.165) is 12.0 Å². The first-order chi connectivity index (χ1) is 11.2. The smallest absolute Gasteiger partial charge is 0.224 e. The molecule has 2 N–H and O–H groups in total. The van der Waals surface area contributed by atoms with Gasteiger partial charge in [0, 0.05) is 12.5 Å². The summed E-state index contributed by atoms with van der Waals surface area (Å²) in [6, 6.07) is 18.0. The average molecular weight is 309 g/mol. The maximum Gasteiger partial charge on any atom is 0.224 e. The largest absolute Gasteiger partial charge is 0.396 e. The van der Waals surface area contributed by atoms with Gasteiger partial charge in [0.1, 0.15) is 0 Å². The maximum atomic E-state index is 12.6. The molecule has 2 aromatic carbocycles. The molecule has 3 heteroatoms. The number of aryl methyl sites for hydroxylation is 1. The number of carbonyl (C=O) groups excluding carboxylic acids is 1. The van der Waals surface area contributed by atoms with E-state index < -0.39 is 0 Å². The molecule has 2 aromatic rings. The molecule has 1 aliphatic carbocycles. The fourth-order valence-corrected chi connectivity index (χ4v) is 3.25. The molecule has 3 nitrogen and oxygen atoms in total. The van der Waals surface area contributed by atoms with Crippen LogP contribution in [-0.4, -0.2) is 17.6 Å². The fourth-order valence-electron chi connectivity index (χ4n) is 3.25. The third-order valence-electron chi connectivity index (χ3n) is 4.65. The van der Waals surface area contributed by atoms with E-state index >= 15 is 0 Å². The van der Waals surface area contributed by atoms with Gasteiger partial charge in [-0.05, 0) is 42.4 Å². The van der Waals surface area contributed by atoms with E-state index in [0.29, 0.717) is 12.3 Å². The van der Waals surface area contributed by atoms with Crippen molar-refractivity contribution in [3.05, 3.63) is 71.3 Å². The van der Waals surface area contributed by atoms with Crippen LogP contribution in [0.5, 0.6) is 0 Å². The van der Waals surface area contributed by atoms with Gasteiger partial charge in [0.15, 0.2) is 0 Å². The summed E-state index contributed by atoms with van der Waals surface area (Å²) in [7, 11) is 0. The summed E-state index contributed by atoms with van der Waals surface area (Å²) >= 11 is 0. The van der Waals surface area contributed by atoms with Gasteiger partial charge < -0.3 is 10.4 Å². The highest BCUT2D eigenvalue weighted by Crippen LogP contribution is 2.48. The van der Waals surface area contributed by atoms with Crippen molar-refractivity contribution in [1.82, 2.24) is 5.32 Å². The Morgan fingerprint density at radius 2 is 1.87 bits per heavy atom. The first kappa shape index (κ1) is 15.8. The number of benzene rings is 2. The molecule has 0 saturated heterocycles. The molecular formula is C20H23NO2. The van der Waals surface area contributed by atoms with Crippen molar-refractivity contribution in [2.75, 3.05) is 6.61 Å². The Morgan fingerprint density at radius 1 is 1.17 bits per heavy atom. The van der Waals surface area contributed by atoms with E-state index in [9.17, 15) is 9.90 Å². The summed E-state index contributed by atoms with van der Waals surface area (Å²) in [6.07, 6.45) is 1.45. The molecule has 23 heavy (non-hydrogen) atoms. The van der Waals surface area contributed by atoms with Gasteiger partial charge in [-0.15, -0.1) is 0 Å². The number of aliphatic hydroxyl groups excluding tert-OH is 1. The third kappa shape index (κ3) is 3.62. The van der Waals surface area contributed by atoms with E-state index in [4.69, 9.17) is 0 Å². The zero-order chi connectivity index (χ0) is 16.2. The molecule has 0 aliphatic heterocycles. The molecule has 3 unspecified atom stereocenters. The number of aliphatic hydroxyl groups is 1. The number of carbonyl (C=O) groups is 1. The third-order valence-corrected chi connectivity index (χ3v) is 4.65. The van der Waals surface area contributed by atoms with Gasteiger partial charge in [-0.25, -0.2) is 0 Å². The van der Waals surface area contributed by atoms with Crippen molar-refractivity contribution in [3.8, 4) is 0 Å². The first-order valence-corrected chi connectivity index (χ1v) is 8.22. The van der Waals surface area contributed by atoms with E-state index in [1.54, 1.807) is 0 Å². The Bertz CT molecular complexity index is 668. The van der Waals surface area contributed by atoms with E-state index in [2.05, 4.69) is 24.4 Å². The molecule has 1 fully saturated rings. The van der Waals surface area contributed by atoms with E-state index in [1.165, 1.54) is 11.1 Å². The molecule has 3 atom stereocenters. The Labute approximate surface area is 137 Å². The number of nitrogens with one attached hydrogen (secondary N) is 1. The van der Waals surface area contributed by atoms with Crippen LogP contribution >= 0.6 is 0 Å². The van der Waals surface area contributed by atoms with E-state index in [-0.39, 0.29) is 24.5 Å². The van der Waals surface area contributed by atoms with Gasteiger partial charge in [-0.1, -0.05) is 54.6 Å². The minimum atomic E-state index is -0.119. The minimum Gasteiger partial charge on any atom is -0.396 e. The van der Waals surface area contributed by atoms with Crippen molar-refractivity contribution in [2.24, 2.45) is 5.92 Å². The number of hydrogen-bond donors (Lipinski definition) is 2. The van der Waals surface area contributed by atoms with E-state index in [1.807, 2.05) is 42.5 Å². The standard InChI is InChI=1S/C20H23NO2/c1-14-7-5-6-10-16(14)17-13-18(17)20(23)21-19(11-12-22)15-8-3-2-4-9-15/h2-10,17-19,22H,11-13H2,1H3,(H,21,23). The molecular weight excluding hydrogens is 286 g/mol. The van der Waals surface area contributed by atoms with Crippen LogP contribution in [0.25, 0.3) is 0 Å². The van der Waals surface area contributed by atoms with Crippen molar-refractivity contribution < 1.29 is 9.90 Å². The zero-order valence-corrected chi connectivity index (χ0v) is 13.4. The van der Waals surface area contributed by atoms with Crippen LogP contribution in [0.4, 0.5) is 0 Å². The normalized spacial score (nSPS) is 20.8. The molecule has 120 valence electrons. The lowest BCUT2D eigenvalue weighted by atomic mass is 10.0. The molecule has 1 saturated carbocycles. The van der Waals surface area contributed by atoms with Gasteiger partial charge in [0.2, 0.25) is 5.91 Å². The summed E-state index contributed by atoms with van der Waals surface area (Å²) < 4.78 is 0. The van der Waals surface area contributed by atoms with Gasteiger partial charge in [0.05, 0.1) is 6.04 Å². The Hall–Kier alpha value is -2.13. The highest BCUT2D eigenvalue weighted by Gasteiger charge is 2.44. The summed E-state index contributed by atoms with van der Waals surface area (Å²) in [5, 5.41) is 12.4. The Balaban J connectivity index is 1.66. The predicted molar refractivity (Wildman–Crippen MR) is 91.1 cm³/mol. The second-order valence-electron chi connectivity index (χ2n) is 6.29. The van der Waals surface area contributed by atoms with Crippen LogP contribution in [0.3, 0.4) is 0 Å². The number of hydrogen-bond acceptors (Lipinski definition) is 2. The van der Waals surface area contributed by atoms with Crippen LogP contribution in [-0.2, 0) is 4.79 Å². The second kappa shape index (κ2) is 6.97. The van der Waals surface area contributed by atoms with Crippen molar-refractivity contribution in [2.45, 2.75) is 31.7 Å². The quantitative estimate of drug-likeness (QED) is 0.860. The lowest BCUT2D eigenvalue weighted by molar-refractivity contribution is -0.123. The zero-order valence-electron chi connectivity index (χ0n) is 13.4. The topological polar surface area (TPSA) is 49.3 Å². The summed E-state index contributed by atoms with van der Waals surface area (Å²) in [5.41, 5.74) is 3.58. The summed E-state index contributed by atoms with van der Waals surface area (Å²) in [5.74, 6) is 0.489. The van der Waals surface area contributed by atoms with Crippen molar-refractivity contribution in [3.63, 3.8) is 0 Å². The van der Waals surface area contributed by atoms with Crippen LogP contribution in [0.1, 0.15) is 41.5 Å². The molecule has 3 rings (SSSR count). The predicted octanol–water partition coefficient (Wildman–Crippen LogP) is 3.34. The van der Waals surface area contributed by atoms with Crippen molar-refractivity contribution in [1.29, 1.82) is 0 Å². The molecule has 0 aromatic heterocycles. The van der Waals surface area contributed by atoms with Crippen LogP contribution in [0.2, 0.25) is 0 Å². The molecule has 1 amide bonds. The molecule has 0 radical (unpaired) electrons. The van der Waals surface area contributed by atoms with Crippen LogP contribution in [0.15, 0.2) is 54.6 Å². The highest BCUT2D eigenvalue weighted by molar-refractivity contribution is 5.83. The van der Waals surface area contributed by atoms with Gasteiger partial charge >= 0.3 is 0 Å². The second-order valence-corrected chi connectivity index (χ2v) is 6.29. The molecule has 0 bridgehead atoms. The number of rotatable bonds is 6. The lowest BCUT2D eigenvalue weighted by Gasteiger charge is -2.18.